The number of hydrogen-bond donors (Lipinski definition) is 3. The summed E-state index contributed by atoms with van der Waals surface area (Å²) in [6.45, 7) is 5.35. The van der Waals surface area contributed by atoms with E-state index in [1.165, 1.54) is 11.8 Å². The first kappa shape index (κ1) is 19.2. The lowest BCUT2D eigenvalue weighted by Gasteiger charge is -2.27. The molecule has 2 atom stereocenters. The van der Waals surface area contributed by atoms with Crippen molar-refractivity contribution in [3.8, 4) is 6.07 Å². The van der Waals surface area contributed by atoms with Crippen molar-refractivity contribution >= 4 is 30.0 Å². The van der Waals surface area contributed by atoms with Gasteiger partial charge in [0.15, 0.2) is 0 Å². The summed E-state index contributed by atoms with van der Waals surface area (Å²) in [5.41, 5.74) is -0.916. The van der Waals surface area contributed by atoms with Crippen LogP contribution in [-0.2, 0) is 14.4 Å². The van der Waals surface area contributed by atoms with Gasteiger partial charge in [-0.05, 0) is 25.0 Å². The van der Waals surface area contributed by atoms with Crippen LogP contribution in [0.25, 0.3) is 0 Å². The van der Waals surface area contributed by atoms with Crippen LogP contribution in [0.4, 0.5) is 0 Å². The lowest BCUT2D eigenvalue weighted by Crippen LogP contribution is -2.49. The molecule has 0 saturated carbocycles. The van der Waals surface area contributed by atoms with Crippen LogP contribution in [0.15, 0.2) is 0 Å². The molecule has 7 nitrogen and oxygen atoms in total. The molecule has 0 bridgehead atoms. The van der Waals surface area contributed by atoms with Crippen molar-refractivity contribution in [3.63, 3.8) is 0 Å². The normalized spacial score (nSPS) is 14.6. The molecule has 0 aromatic rings. The Balaban J connectivity index is 4.13. The number of thioether (sulfide) groups is 1. The molecule has 21 heavy (non-hydrogen) atoms. The highest BCUT2D eigenvalue weighted by molar-refractivity contribution is 7.99. The van der Waals surface area contributed by atoms with Crippen molar-refractivity contribution in [1.82, 2.24) is 10.6 Å². The van der Waals surface area contributed by atoms with Crippen LogP contribution in [0.5, 0.6) is 0 Å². The molecule has 0 aliphatic rings. The number of amides is 2. The number of nitrogens with one attached hydrogen (secondary N) is 2. The van der Waals surface area contributed by atoms with Crippen molar-refractivity contribution in [2.75, 3.05) is 11.5 Å². The largest absolute Gasteiger partial charge is 0.480 e. The molecule has 0 aliphatic heterocycles. The Kier molecular flexibility index (Phi) is 8.47. The predicted molar refractivity (Wildman–Crippen MR) is 79.6 cm³/mol. The van der Waals surface area contributed by atoms with Gasteiger partial charge in [0.05, 0.1) is 11.8 Å². The van der Waals surface area contributed by atoms with Crippen molar-refractivity contribution < 1.29 is 19.5 Å². The molecule has 8 heteroatoms. The molecular weight excluding hydrogens is 294 g/mol. The highest BCUT2D eigenvalue weighted by Crippen LogP contribution is 2.15. The van der Waals surface area contributed by atoms with E-state index in [4.69, 9.17) is 10.4 Å². The Bertz CT molecular complexity index is 422. The summed E-state index contributed by atoms with van der Waals surface area (Å²) in [7, 11) is 0. The Labute approximate surface area is 128 Å². The van der Waals surface area contributed by atoms with E-state index in [0.717, 1.165) is 0 Å². The molecule has 0 aliphatic carbocycles. The number of nitriles is 1. The highest BCUT2D eigenvalue weighted by atomic mass is 32.2. The number of carboxylic acid groups (broad SMARTS) is 1. The molecular formula is C13H21N3O4S. The fourth-order valence-corrected chi connectivity index (χ4v) is 2.16. The molecule has 0 saturated heterocycles. The van der Waals surface area contributed by atoms with E-state index < -0.39 is 17.6 Å². The third-order valence-electron chi connectivity index (χ3n) is 3.14. The van der Waals surface area contributed by atoms with E-state index >= 15 is 0 Å². The standard InChI is InChI=1S/C13H21N3O4S/c1-9(2)13(3,7-14)16-11(18)6-21-5-4-10(12(19)20)15-8-17/h8-10H,4-6H2,1-3H3,(H,15,17)(H,16,18)(H,19,20). The van der Waals surface area contributed by atoms with Gasteiger partial charge in [-0.1, -0.05) is 13.8 Å². The molecule has 0 fully saturated rings. The fraction of sp³-hybridized carbons (Fsp3) is 0.692. The lowest BCUT2D eigenvalue weighted by molar-refractivity contribution is -0.140. The van der Waals surface area contributed by atoms with Crippen LogP contribution in [-0.4, -0.2) is 46.5 Å². The first-order valence-corrected chi connectivity index (χ1v) is 7.64. The molecule has 0 aromatic carbocycles. The third-order valence-corrected chi connectivity index (χ3v) is 4.13. The fourth-order valence-electron chi connectivity index (χ4n) is 1.35. The zero-order chi connectivity index (χ0) is 16.5. The second-order valence-electron chi connectivity index (χ2n) is 5.03. The average molecular weight is 315 g/mol. The smallest absolute Gasteiger partial charge is 0.326 e. The maximum atomic E-state index is 11.8. The number of nitrogens with zero attached hydrogens (tertiary/aromatic N) is 1. The monoisotopic (exact) mass is 315 g/mol. The van der Waals surface area contributed by atoms with Gasteiger partial charge in [-0.2, -0.15) is 17.0 Å². The summed E-state index contributed by atoms with van der Waals surface area (Å²) in [5.74, 6) is -0.852. The van der Waals surface area contributed by atoms with Crippen molar-refractivity contribution in [1.29, 1.82) is 5.26 Å². The third kappa shape index (κ3) is 6.99. The minimum atomic E-state index is -1.11. The van der Waals surface area contributed by atoms with E-state index in [9.17, 15) is 14.4 Å². The van der Waals surface area contributed by atoms with Crippen LogP contribution in [0, 0.1) is 17.2 Å². The quantitative estimate of drug-likeness (QED) is 0.395. The molecule has 118 valence electrons. The van der Waals surface area contributed by atoms with Gasteiger partial charge < -0.3 is 15.7 Å². The van der Waals surface area contributed by atoms with Gasteiger partial charge in [0.25, 0.3) is 0 Å². The zero-order valence-corrected chi connectivity index (χ0v) is 13.2. The molecule has 0 rings (SSSR count). The van der Waals surface area contributed by atoms with Crippen LogP contribution >= 0.6 is 11.8 Å². The van der Waals surface area contributed by atoms with E-state index in [1.54, 1.807) is 6.92 Å². The molecule has 0 spiro atoms. The minimum absolute atomic E-state index is 0.0235. The summed E-state index contributed by atoms with van der Waals surface area (Å²) in [6, 6.07) is 1.14. The Hall–Kier alpha value is -1.75. The van der Waals surface area contributed by atoms with Crippen LogP contribution in [0.3, 0.4) is 0 Å². The van der Waals surface area contributed by atoms with Crippen molar-refractivity contribution in [3.05, 3.63) is 0 Å². The summed E-state index contributed by atoms with van der Waals surface area (Å²) >= 11 is 1.26. The lowest BCUT2D eigenvalue weighted by atomic mass is 9.90. The van der Waals surface area contributed by atoms with Gasteiger partial charge in [-0.3, -0.25) is 9.59 Å². The summed E-state index contributed by atoms with van der Waals surface area (Å²) in [5, 5.41) is 22.8. The van der Waals surface area contributed by atoms with Crippen LogP contribution < -0.4 is 10.6 Å². The van der Waals surface area contributed by atoms with Gasteiger partial charge in [0.2, 0.25) is 12.3 Å². The highest BCUT2D eigenvalue weighted by Gasteiger charge is 2.29. The van der Waals surface area contributed by atoms with Crippen molar-refractivity contribution in [2.24, 2.45) is 5.92 Å². The molecule has 0 radical (unpaired) electrons. The predicted octanol–water partition coefficient (Wildman–Crippen LogP) is 0.363. The van der Waals surface area contributed by atoms with Crippen molar-refractivity contribution in [2.45, 2.75) is 38.8 Å². The van der Waals surface area contributed by atoms with E-state index in [1.807, 2.05) is 13.8 Å². The maximum Gasteiger partial charge on any atom is 0.326 e. The second kappa shape index (κ2) is 9.23. The van der Waals surface area contributed by atoms with E-state index in [0.29, 0.717) is 12.2 Å². The first-order chi connectivity index (χ1) is 9.76. The van der Waals surface area contributed by atoms with Gasteiger partial charge in [-0.15, -0.1) is 0 Å². The number of rotatable bonds is 10. The average Bonchev–Trinajstić information content (AvgIpc) is 2.41. The van der Waals surface area contributed by atoms with E-state index in [2.05, 4.69) is 16.7 Å². The topological polar surface area (TPSA) is 119 Å². The number of hydrogen-bond acceptors (Lipinski definition) is 5. The minimum Gasteiger partial charge on any atom is -0.480 e. The van der Waals surface area contributed by atoms with Gasteiger partial charge >= 0.3 is 5.97 Å². The molecule has 2 amide bonds. The maximum absolute atomic E-state index is 11.8. The molecule has 2 unspecified atom stereocenters. The Morgan fingerprint density at radius 3 is 2.52 bits per heavy atom. The first-order valence-electron chi connectivity index (χ1n) is 6.49. The molecule has 3 N–H and O–H groups in total. The van der Waals surface area contributed by atoms with E-state index in [-0.39, 0.29) is 24.0 Å². The Morgan fingerprint density at radius 2 is 2.10 bits per heavy atom. The zero-order valence-electron chi connectivity index (χ0n) is 12.4. The number of carbonyl (C=O) groups is 3. The molecule has 0 aromatic heterocycles. The summed E-state index contributed by atoms with van der Waals surface area (Å²) < 4.78 is 0. The number of carbonyl (C=O) groups excluding carboxylic acids is 2. The second-order valence-corrected chi connectivity index (χ2v) is 6.14. The van der Waals surface area contributed by atoms with Crippen LogP contribution in [0.1, 0.15) is 27.2 Å². The van der Waals surface area contributed by atoms with Gasteiger partial charge in [0.1, 0.15) is 11.6 Å². The molecule has 0 heterocycles. The SMILES string of the molecule is CC(C)C(C)(C#N)NC(=O)CSCCC(NC=O)C(=O)O. The number of carboxylic acids is 1. The van der Waals surface area contributed by atoms with Gasteiger partial charge in [0, 0.05) is 0 Å². The summed E-state index contributed by atoms with van der Waals surface area (Å²) in [6.07, 6.45) is 0.572. The van der Waals surface area contributed by atoms with Gasteiger partial charge in [-0.25, -0.2) is 4.79 Å². The summed E-state index contributed by atoms with van der Waals surface area (Å²) in [4.78, 5) is 32.8. The number of aliphatic carboxylic acids is 1. The Morgan fingerprint density at radius 1 is 1.48 bits per heavy atom. The van der Waals surface area contributed by atoms with Crippen LogP contribution in [0.2, 0.25) is 0 Å².